The summed E-state index contributed by atoms with van der Waals surface area (Å²) in [6.07, 6.45) is -0.658. The molecular formula is C25H26N2O4. The Morgan fingerprint density at radius 3 is 2.48 bits per heavy atom. The van der Waals surface area contributed by atoms with E-state index in [0.29, 0.717) is 12.3 Å². The summed E-state index contributed by atoms with van der Waals surface area (Å²) < 4.78 is 16.7. The first-order valence-electron chi connectivity index (χ1n) is 10.2. The molecule has 0 spiro atoms. The van der Waals surface area contributed by atoms with E-state index in [1.54, 1.807) is 14.2 Å². The summed E-state index contributed by atoms with van der Waals surface area (Å²) in [7, 11) is 3.27. The molecule has 3 aromatic carbocycles. The number of methoxy groups -OCH3 is 2. The molecule has 6 heteroatoms. The van der Waals surface area contributed by atoms with E-state index in [0.717, 1.165) is 28.4 Å². The van der Waals surface area contributed by atoms with Crippen molar-refractivity contribution in [2.24, 2.45) is 0 Å². The second-order valence-corrected chi connectivity index (χ2v) is 7.39. The standard InChI is InChI=1S/C25H26N2O4/c1-17(18-8-6-10-20(14-18)29-2)26-25(28)24-16-27(19-9-7-11-21(15-19)30-3)22-12-4-5-13-23(22)31-24/h4-15,17,24H,16H2,1-3H3,(H,26,28)/t17-,24?/m1/s1. The lowest BCUT2D eigenvalue weighted by Gasteiger charge is -2.36. The maximum absolute atomic E-state index is 13.1. The van der Waals surface area contributed by atoms with Crippen molar-refractivity contribution in [1.82, 2.24) is 5.32 Å². The van der Waals surface area contributed by atoms with Crippen LogP contribution < -0.4 is 24.4 Å². The van der Waals surface area contributed by atoms with Gasteiger partial charge in [-0.2, -0.15) is 0 Å². The van der Waals surface area contributed by atoms with Gasteiger partial charge in [0.05, 0.1) is 32.5 Å². The molecule has 6 nitrogen and oxygen atoms in total. The quantitative estimate of drug-likeness (QED) is 0.640. The molecule has 0 aliphatic carbocycles. The smallest absolute Gasteiger partial charge is 0.263 e. The number of carbonyl (C=O) groups excluding carboxylic acids is 1. The molecule has 0 radical (unpaired) electrons. The van der Waals surface area contributed by atoms with Gasteiger partial charge in [0.2, 0.25) is 0 Å². The molecule has 31 heavy (non-hydrogen) atoms. The van der Waals surface area contributed by atoms with Crippen molar-refractivity contribution in [3.8, 4) is 17.2 Å². The zero-order chi connectivity index (χ0) is 21.8. The highest BCUT2D eigenvalue weighted by molar-refractivity contribution is 5.85. The molecule has 1 aliphatic heterocycles. The number of nitrogens with one attached hydrogen (secondary N) is 1. The first kappa shape index (κ1) is 20.6. The molecule has 0 aromatic heterocycles. The van der Waals surface area contributed by atoms with Gasteiger partial charge in [0, 0.05) is 11.8 Å². The number of para-hydroxylation sites is 2. The molecule has 2 atom stereocenters. The third-order valence-corrected chi connectivity index (χ3v) is 5.38. The van der Waals surface area contributed by atoms with Crippen LogP contribution in [0.25, 0.3) is 0 Å². The maximum atomic E-state index is 13.1. The number of hydrogen-bond acceptors (Lipinski definition) is 5. The maximum Gasteiger partial charge on any atom is 0.263 e. The van der Waals surface area contributed by atoms with E-state index in [9.17, 15) is 4.79 Å². The second-order valence-electron chi connectivity index (χ2n) is 7.39. The second kappa shape index (κ2) is 9.00. The van der Waals surface area contributed by atoms with E-state index in [4.69, 9.17) is 14.2 Å². The molecule has 0 fully saturated rings. The highest BCUT2D eigenvalue weighted by atomic mass is 16.5. The number of anilines is 2. The van der Waals surface area contributed by atoms with Crippen LogP contribution in [0.5, 0.6) is 17.2 Å². The Balaban J connectivity index is 1.57. The fourth-order valence-electron chi connectivity index (χ4n) is 3.69. The van der Waals surface area contributed by atoms with E-state index in [1.807, 2.05) is 79.7 Å². The Kier molecular flexibility index (Phi) is 5.98. The summed E-state index contributed by atoms with van der Waals surface area (Å²) in [4.78, 5) is 15.2. The number of benzene rings is 3. The Morgan fingerprint density at radius 2 is 1.71 bits per heavy atom. The van der Waals surface area contributed by atoms with Gasteiger partial charge in [-0.1, -0.05) is 30.3 Å². The van der Waals surface area contributed by atoms with Crippen molar-refractivity contribution in [1.29, 1.82) is 0 Å². The number of carbonyl (C=O) groups is 1. The minimum Gasteiger partial charge on any atom is -0.497 e. The fraction of sp³-hybridized carbons (Fsp3) is 0.240. The SMILES string of the molecule is COc1cccc([C@@H](C)NC(=O)C2CN(c3cccc(OC)c3)c3ccccc3O2)c1. The Hall–Kier alpha value is -3.67. The molecule has 1 heterocycles. The molecular weight excluding hydrogens is 392 g/mol. The van der Waals surface area contributed by atoms with Crippen LogP contribution >= 0.6 is 0 Å². The van der Waals surface area contributed by atoms with Crippen molar-refractivity contribution in [3.63, 3.8) is 0 Å². The molecule has 0 bridgehead atoms. The van der Waals surface area contributed by atoms with Crippen molar-refractivity contribution >= 4 is 17.3 Å². The van der Waals surface area contributed by atoms with E-state index in [-0.39, 0.29) is 11.9 Å². The number of amides is 1. The van der Waals surface area contributed by atoms with Crippen LogP contribution in [0.15, 0.2) is 72.8 Å². The van der Waals surface area contributed by atoms with Crippen molar-refractivity contribution < 1.29 is 19.0 Å². The van der Waals surface area contributed by atoms with Crippen molar-refractivity contribution in [2.45, 2.75) is 19.1 Å². The Labute approximate surface area is 182 Å². The van der Waals surface area contributed by atoms with Crippen LogP contribution in [0.2, 0.25) is 0 Å². The van der Waals surface area contributed by atoms with Crippen molar-refractivity contribution in [3.05, 3.63) is 78.4 Å². The first-order chi connectivity index (χ1) is 15.1. The predicted molar refractivity (Wildman–Crippen MR) is 120 cm³/mol. The van der Waals surface area contributed by atoms with Crippen LogP contribution in [0.3, 0.4) is 0 Å². The molecule has 1 amide bonds. The first-order valence-corrected chi connectivity index (χ1v) is 10.2. The number of nitrogens with zero attached hydrogens (tertiary/aromatic N) is 1. The molecule has 3 aromatic rings. The summed E-state index contributed by atoms with van der Waals surface area (Å²) in [5, 5.41) is 3.07. The highest BCUT2D eigenvalue weighted by Gasteiger charge is 2.32. The average Bonchev–Trinajstić information content (AvgIpc) is 2.83. The van der Waals surface area contributed by atoms with E-state index < -0.39 is 6.10 Å². The molecule has 160 valence electrons. The zero-order valence-corrected chi connectivity index (χ0v) is 17.9. The third-order valence-electron chi connectivity index (χ3n) is 5.38. The highest BCUT2D eigenvalue weighted by Crippen LogP contribution is 2.39. The van der Waals surface area contributed by atoms with Crippen LogP contribution in [-0.4, -0.2) is 32.8 Å². The Morgan fingerprint density at radius 1 is 1.00 bits per heavy atom. The normalized spacial score (nSPS) is 16.0. The lowest BCUT2D eigenvalue weighted by atomic mass is 10.1. The topological polar surface area (TPSA) is 60.0 Å². The van der Waals surface area contributed by atoms with Gasteiger partial charge < -0.3 is 24.4 Å². The monoisotopic (exact) mass is 418 g/mol. The molecule has 0 saturated heterocycles. The van der Waals surface area contributed by atoms with Gasteiger partial charge in [0.1, 0.15) is 17.2 Å². The summed E-state index contributed by atoms with van der Waals surface area (Å²) in [5.41, 5.74) is 2.82. The lowest BCUT2D eigenvalue weighted by Crippen LogP contribution is -2.48. The molecule has 1 aliphatic rings. The minimum atomic E-state index is -0.658. The minimum absolute atomic E-state index is 0.169. The van der Waals surface area contributed by atoms with E-state index >= 15 is 0 Å². The van der Waals surface area contributed by atoms with E-state index in [1.165, 1.54) is 0 Å². The Bertz CT molecular complexity index is 1070. The van der Waals surface area contributed by atoms with Crippen molar-refractivity contribution in [2.75, 3.05) is 25.7 Å². The largest absolute Gasteiger partial charge is 0.497 e. The van der Waals surface area contributed by atoms with Crippen LogP contribution in [0.4, 0.5) is 11.4 Å². The number of ether oxygens (including phenoxy) is 3. The van der Waals surface area contributed by atoms with Gasteiger partial charge in [0.15, 0.2) is 6.10 Å². The summed E-state index contributed by atoms with van der Waals surface area (Å²) in [6.45, 7) is 2.34. The zero-order valence-electron chi connectivity index (χ0n) is 17.9. The van der Waals surface area contributed by atoms with Gasteiger partial charge >= 0.3 is 0 Å². The van der Waals surface area contributed by atoms with E-state index in [2.05, 4.69) is 10.2 Å². The summed E-state index contributed by atoms with van der Waals surface area (Å²) >= 11 is 0. The predicted octanol–water partition coefficient (Wildman–Crippen LogP) is 4.48. The molecule has 1 N–H and O–H groups in total. The molecule has 0 saturated carbocycles. The van der Waals surface area contributed by atoms with Crippen LogP contribution in [0, 0.1) is 0 Å². The van der Waals surface area contributed by atoms with Crippen LogP contribution in [0.1, 0.15) is 18.5 Å². The number of hydrogen-bond donors (Lipinski definition) is 1. The number of rotatable bonds is 6. The van der Waals surface area contributed by atoms with Gasteiger partial charge in [-0.05, 0) is 48.9 Å². The average molecular weight is 418 g/mol. The molecule has 4 rings (SSSR count). The third kappa shape index (κ3) is 4.43. The molecule has 1 unspecified atom stereocenters. The summed E-state index contributed by atoms with van der Waals surface area (Å²) in [6, 6.07) is 23.0. The lowest BCUT2D eigenvalue weighted by molar-refractivity contribution is -0.128. The van der Waals surface area contributed by atoms with Crippen LogP contribution in [-0.2, 0) is 4.79 Å². The number of fused-ring (bicyclic) bond motifs is 1. The van der Waals surface area contributed by atoms with Gasteiger partial charge in [-0.15, -0.1) is 0 Å². The fourth-order valence-corrected chi connectivity index (χ4v) is 3.69. The summed E-state index contributed by atoms with van der Waals surface area (Å²) in [5.74, 6) is 2.02. The van der Waals surface area contributed by atoms with Gasteiger partial charge in [-0.3, -0.25) is 4.79 Å². The van der Waals surface area contributed by atoms with Gasteiger partial charge in [-0.25, -0.2) is 0 Å². The van der Waals surface area contributed by atoms with Gasteiger partial charge in [0.25, 0.3) is 5.91 Å².